The van der Waals surface area contributed by atoms with Gasteiger partial charge in [0.1, 0.15) is 8.07 Å². The van der Waals surface area contributed by atoms with Gasteiger partial charge in [-0.2, -0.15) is 0 Å². The molecule has 0 aliphatic heterocycles. The monoisotopic (exact) mass is 328 g/mol. The Bertz CT molecular complexity index is 935. The number of allylic oxidation sites excluding steroid dienone is 4. The third kappa shape index (κ3) is 2.27. The number of rotatable bonds is 3. The normalized spacial score (nSPS) is 15.0. The van der Waals surface area contributed by atoms with E-state index in [9.17, 15) is 0 Å². The van der Waals surface area contributed by atoms with Crippen LogP contribution >= 0.6 is 0 Å². The van der Waals surface area contributed by atoms with Crippen molar-refractivity contribution >= 4 is 34.8 Å². The lowest BCUT2D eigenvalue weighted by Crippen LogP contribution is -2.45. The van der Waals surface area contributed by atoms with Crippen LogP contribution in [0.1, 0.15) is 19.8 Å². The second-order valence-corrected chi connectivity index (χ2v) is 11.6. The maximum absolute atomic E-state index is 2.54. The highest BCUT2D eigenvalue weighted by atomic mass is 28.3. The van der Waals surface area contributed by atoms with E-state index >= 15 is 0 Å². The van der Waals surface area contributed by atoms with Crippen molar-refractivity contribution in [1.29, 1.82) is 0 Å². The molecule has 0 spiro atoms. The van der Waals surface area contributed by atoms with Crippen LogP contribution in [0.5, 0.6) is 0 Å². The summed E-state index contributed by atoms with van der Waals surface area (Å²) in [6.45, 7) is 7.37. The predicted molar refractivity (Wildman–Crippen MR) is 110 cm³/mol. The number of fused-ring (bicyclic) bond motifs is 2. The Labute approximate surface area is 145 Å². The van der Waals surface area contributed by atoms with Gasteiger partial charge in [-0.15, -0.1) is 0 Å². The number of hydrogen-bond donors (Lipinski definition) is 0. The topological polar surface area (TPSA) is 0 Å². The molecule has 0 N–H and O–H groups in total. The van der Waals surface area contributed by atoms with Gasteiger partial charge < -0.3 is 0 Å². The smallest absolute Gasteiger partial charge is 0.0806 e. The average Bonchev–Trinajstić information content (AvgIpc) is 3.09. The molecule has 3 aromatic rings. The zero-order valence-electron chi connectivity index (χ0n) is 14.8. The van der Waals surface area contributed by atoms with Gasteiger partial charge in [-0.05, 0) is 45.6 Å². The fourth-order valence-corrected chi connectivity index (χ4v) is 8.17. The molecule has 0 fully saturated rings. The minimum Gasteiger partial charge on any atom is -0.0806 e. The highest BCUT2D eigenvalue weighted by Gasteiger charge is 2.33. The number of benzene rings is 3. The van der Waals surface area contributed by atoms with Crippen molar-refractivity contribution in [3.8, 4) is 0 Å². The summed E-state index contributed by atoms with van der Waals surface area (Å²) in [6.07, 6.45) is 7.00. The zero-order valence-corrected chi connectivity index (χ0v) is 15.8. The molecule has 24 heavy (non-hydrogen) atoms. The molecule has 0 amide bonds. The van der Waals surface area contributed by atoms with Gasteiger partial charge in [0.05, 0.1) is 0 Å². The first kappa shape index (κ1) is 15.4. The molecule has 0 heterocycles. The van der Waals surface area contributed by atoms with E-state index in [0.717, 1.165) is 12.8 Å². The van der Waals surface area contributed by atoms with E-state index in [1.165, 1.54) is 21.5 Å². The van der Waals surface area contributed by atoms with Crippen molar-refractivity contribution in [3.63, 3.8) is 0 Å². The summed E-state index contributed by atoms with van der Waals surface area (Å²) in [5.74, 6) is 0. The standard InChI is InChI=1S/C23H24Si/c1-4-17-12-9-15-22(17)24(2,3)23-20-13-7-5-10-18(20)16-19-11-6-8-14-21(19)23/h5-14,16H,4,15H2,1-3H3. The lowest BCUT2D eigenvalue weighted by Gasteiger charge is -2.30. The third-order valence-corrected chi connectivity index (χ3v) is 9.38. The van der Waals surface area contributed by atoms with Crippen molar-refractivity contribution in [2.75, 3.05) is 0 Å². The minimum absolute atomic E-state index is 1.14. The Morgan fingerprint density at radius 1 is 0.875 bits per heavy atom. The summed E-state index contributed by atoms with van der Waals surface area (Å²) >= 11 is 0. The molecule has 4 rings (SSSR count). The van der Waals surface area contributed by atoms with Crippen LogP contribution in [0.3, 0.4) is 0 Å². The van der Waals surface area contributed by atoms with E-state index in [1.54, 1.807) is 16.0 Å². The summed E-state index contributed by atoms with van der Waals surface area (Å²) in [6, 6.07) is 20.2. The molecule has 0 atom stereocenters. The quantitative estimate of drug-likeness (QED) is 0.402. The fraction of sp³-hybridized carbons (Fsp3) is 0.217. The van der Waals surface area contributed by atoms with Gasteiger partial charge in [0.15, 0.2) is 0 Å². The fourth-order valence-electron chi connectivity index (χ4n) is 4.38. The molecule has 120 valence electrons. The van der Waals surface area contributed by atoms with E-state index in [2.05, 4.69) is 86.8 Å². The van der Waals surface area contributed by atoms with Crippen LogP contribution in [-0.4, -0.2) is 8.07 Å². The van der Waals surface area contributed by atoms with Crippen molar-refractivity contribution in [3.05, 3.63) is 77.5 Å². The lowest BCUT2D eigenvalue weighted by molar-refractivity contribution is 1.13. The Kier molecular flexibility index (Phi) is 3.69. The molecule has 0 aromatic heterocycles. The highest BCUT2D eigenvalue weighted by molar-refractivity contribution is 6.98. The van der Waals surface area contributed by atoms with Gasteiger partial charge >= 0.3 is 0 Å². The highest BCUT2D eigenvalue weighted by Crippen LogP contribution is 2.33. The zero-order chi connectivity index (χ0) is 16.7. The van der Waals surface area contributed by atoms with Crippen LogP contribution in [0.15, 0.2) is 77.5 Å². The van der Waals surface area contributed by atoms with Gasteiger partial charge in [-0.25, -0.2) is 0 Å². The largest absolute Gasteiger partial charge is 0.109 e. The lowest BCUT2D eigenvalue weighted by atomic mass is 10.0. The molecule has 0 saturated heterocycles. The van der Waals surface area contributed by atoms with E-state index in [4.69, 9.17) is 0 Å². The Morgan fingerprint density at radius 2 is 1.46 bits per heavy atom. The van der Waals surface area contributed by atoms with Crippen LogP contribution < -0.4 is 5.19 Å². The maximum atomic E-state index is 2.54. The van der Waals surface area contributed by atoms with Gasteiger partial charge in [0.25, 0.3) is 0 Å². The molecule has 1 aliphatic carbocycles. The molecular formula is C23H24Si. The second-order valence-electron chi connectivity index (χ2n) is 7.28. The Morgan fingerprint density at radius 3 is 2.04 bits per heavy atom. The van der Waals surface area contributed by atoms with Gasteiger partial charge in [0.2, 0.25) is 0 Å². The maximum Gasteiger partial charge on any atom is 0.109 e. The summed E-state index contributed by atoms with van der Waals surface area (Å²) in [5.41, 5.74) is 1.57. The molecule has 0 radical (unpaired) electrons. The molecule has 3 aromatic carbocycles. The molecule has 0 bridgehead atoms. The van der Waals surface area contributed by atoms with Crippen molar-refractivity contribution < 1.29 is 0 Å². The summed E-state index contributed by atoms with van der Waals surface area (Å²) in [4.78, 5) is 0. The van der Waals surface area contributed by atoms with Crippen LogP contribution in [0.4, 0.5) is 0 Å². The summed E-state index contributed by atoms with van der Waals surface area (Å²) in [5, 5.41) is 8.96. The molecule has 0 unspecified atom stereocenters. The van der Waals surface area contributed by atoms with Gasteiger partial charge in [0, 0.05) is 0 Å². The summed E-state index contributed by atoms with van der Waals surface area (Å²) < 4.78 is 0. The Balaban J connectivity index is 2.10. The van der Waals surface area contributed by atoms with Crippen molar-refractivity contribution in [1.82, 2.24) is 0 Å². The molecule has 0 nitrogen and oxygen atoms in total. The number of hydrogen-bond acceptors (Lipinski definition) is 0. The van der Waals surface area contributed by atoms with E-state index in [1.807, 2.05) is 0 Å². The van der Waals surface area contributed by atoms with Crippen LogP contribution in [0.25, 0.3) is 21.5 Å². The van der Waals surface area contributed by atoms with Crippen molar-refractivity contribution in [2.45, 2.75) is 32.9 Å². The van der Waals surface area contributed by atoms with Crippen LogP contribution in [0.2, 0.25) is 13.1 Å². The minimum atomic E-state index is -1.74. The molecule has 1 heteroatoms. The van der Waals surface area contributed by atoms with Crippen LogP contribution in [-0.2, 0) is 0 Å². The summed E-state index contributed by atoms with van der Waals surface area (Å²) in [7, 11) is -1.74. The van der Waals surface area contributed by atoms with Gasteiger partial charge in [-0.1, -0.05) is 91.5 Å². The van der Waals surface area contributed by atoms with Crippen molar-refractivity contribution in [2.24, 2.45) is 0 Å². The predicted octanol–water partition coefficient (Wildman–Crippen LogP) is 6.11. The van der Waals surface area contributed by atoms with E-state index < -0.39 is 8.07 Å². The first-order valence-electron chi connectivity index (χ1n) is 8.93. The Hall–Kier alpha value is -2.12. The SMILES string of the molecule is CCC1=C([Si](C)(C)c2c3ccccc3cc3ccccc23)CC=C1. The molecule has 0 saturated carbocycles. The third-order valence-electron chi connectivity index (χ3n) is 5.56. The first-order chi connectivity index (χ1) is 11.6. The first-order valence-corrected chi connectivity index (χ1v) is 11.9. The average molecular weight is 329 g/mol. The van der Waals surface area contributed by atoms with E-state index in [-0.39, 0.29) is 0 Å². The second kappa shape index (κ2) is 5.75. The van der Waals surface area contributed by atoms with Gasteiger partial charge in [-0.3, -0.25) is 0 Å². The molecular weight excluding hydrogens is 304 g/mol. The van der Waals surface area contributed by atoms with E-state index in [0.29, 0.717) is 0 Å². The van der Waals surface area contributed by atoms with Crippen LogP contribution in [0, 0.1) is 0 Å². The molecule has 1 aliphatic rings.